The first-order valence-corrected chi connectivity index (χ1v) is 5.54. The normalized spacial score (nSPS) is 35.6. The Hall–Kier alpha value is -0.850. The molecule has 76 valence electrons. The Morgan fingerprint density at radius 2 is 2.50 bits per heavy atom. The summed E-state index contributed by atoms with van der Waals surface area (Å²) in [6, 6.07) is 0. The van der Waals surface area contributed by atoms with Gasteiger partial charge in [-0.1, -0.05) is 18.1 Å². The molecule has 2 aliphatic carbocycles. The summed E-state index contributed by atoms with van der Waals surface area (Å²) < 4.78 is 0. The molecule has 0 spiro atoms. The van der Waals surface area contributed by atoms with Crippen molar-refractivity contribution in [2.24, 2.45) is 11.3 Å². The van der Waals surface area contributed by atoms with Crippen molar-refractivity contribution in [2.45, 2.75) is 39.0 Å². The van der Waals surface area contributed by atoms with Crippen molar-refractivity contribution < 1.29 is 4.79 Å². The van der Waals surface area contributed by atoms with Crippen molar-refractivity contribution in [1.29, 1.82) is 0 Å². The molecule has 0 aromatic carbocycles. The van der Waals surface area contributed by atoms with E-state index in [1.165, 1.54) is 18.4 Å². The molecule has 0 bridgehead atoms. The largest absolute Gasteiger partial charge is 0.294 e. The van der Waals surface area contributed by atoms with Gasteiger partial charge in [0.1, 0.15) is 0 Å². The molecule has 2 atom stereocenters. The molecule has 0 heterocycles. The van der Waals surface area contributed by atoms with Crippen molar-refractivity contribution in [2.75, 3.05) is 0 Å². The Labute approximate surface area is 85.9 Å². The number of allylic oxidation sites excluding steroid dienone is 3. The van der Waals surface area contributed by atoms with Crippen molar-refractivity contribution >= 4 is 5.78 Å². The standard InChI is InChI=1S/C13H18O/c1-3-4-7-13-8-5-6-11(13)10(2)9-12(13)14/h3,9,11H,1,4-8H2,2H3/t11-,13-/m1/s1. The van der Waals surface area contributed by atoms with E-state index < -0.39 is 0 Å². The van der Waals surface area contributed by atoms with E-state index in [0.717, 1.165) is 19.3 Å². The van der Waals surface area contributed by atoms with E-state index in [-0.39, 0.29) is 5.41 Å². The lowest BCUT2D eigenvalue weighted by molar-refractivity contribution is -0.124. The first-order valence-electron chi connectivity index (χ1n) is 5.54. The van der Waals surface area contributed by atoms with Crippen LogP contribution in [0.25, 0.3) is 0 Å². The minimum atomic E-state index is -0.0156. The van der Waals surface area contributed by atoms with Gasteiger partial charge in [0.05, 0.1) is 0 Å². The smallest absolute Gasteiger partial charge is 0.162 e. The lowest BCUT2D eigenvalue weighted by atomic mass is 9.74. The molecule has 2 aliphatic rings. The van der Waals surface area contributed by atoms with Crippen LogP contribution in [0.1, 0.15) is 39.0 Å². The average molecular weight is 190 g/mol. The van der Waals surface area contributed by atoms with Gasteiger partial charge in [-0.15, -0.1) is 6.58 Å². The van der Waals surface area contributed by atoms with E-state index in [4.69, 9.17) is 0 Å². The van der Waals surface area contributed by atoms with Gasteiger partial charge in [-0.2, -0.15) is 0 Å². The van der Waals surface area contributed by atoms with Crippen LogP contribution in [0.2, 0.25) is 0 Å². The lowest BCUT2D eigenvalue weighted by Crippen LogP contribution is -2.29. The van der Waals surface area contributed by atoms with Crippen LogP contribution in [0.15, 0.2) is 24.3 Å². The van der Waals surface area contributed by atoms with Gasteiger partial charge in [-0.3, -0.25) is 4.79 Å². The molecule has 0 amide bonds. The Morgan fingerprint density at radius 1 is 1.71 bits per heavy atom. The van der Waals surface area contributed by atoms with Gasteiger partial charge in [-0.05, 0) is 44.6 Å². The highest BCUT2D eigenvalue weighted by Crippen LogP contribution is 2.54. The number of hydrogen-bond acceptors (Lipinski definition) is 1. The molecule has 2 rings (SSSR count). The highest BCUT2D eigenvalue weighted by Gasteiger charge is 2.50. The number of carbonyl (C=O) groups excluding carboxylic acids is 1. The van der Waals surface area contributed by atoms with Gasteiger partial charge >= 0.3 is 0 Å². The first kappa shape index (κ1) is 9.70. The summed E-state index contributed by atoms with van der Waals surface area (Å²) in [4.78, 5) is 12.0. The third kappa shape index (κ3) is 1.18. The van der Waals surface area contributed by atoms with E-state index in [1.54, 1.807) is 0 Å². The molecule has 14 heavy (non-hydrogen) atoms. The van der Waals surface area contributed by atoms with Crippen LogP contribution in [0.4, 0.5) is 0 Å². The highest BCUT2D eigenvalue weighted by molar-refractivity contribution is 5.99. The summed E-state index contributed by atoms with van der Waals surface area (Å²) in [6.45, 7) is 5.86. The fourth-order valence-electron chi connectivity index (χ4n) is 3.26. The van der Waals surface area contributed by atoms with Gasteiger partial charge in [0.2, 0.25) is 0 Å². The van der Waals surface area contributed by atoms with Crippen LogP contribution in [-0.4, -0.2) is 5.78 Å². The SMILES string of the molecule is C=CCC[C@@]12CCC[C@@H]1C(C)=CC2=O. The van der Waals surface area contributed by atoms with Gasteiger partial charge < -0.3 is 0 Å². The predicted octanol–water partition coefficient (Wildman–Crippen LogP) is 3.27. The maximum atomic E-state index is 12.0. The number of fused-ring (bicyclic) bond motifs is 1. The third-order valence-electron chi connectivity index (χ3n) is 3.98. The Kier molecular flexibility index (Phi) is 2.34. The van der Waals surface area contributed by atoms with Gasteiger partial charge in [0, 0.05) is 5.41 Å². The second-order valence-corrected chi connectivity index (χ2v) is 4.68. The summed E-state index contributed by atoms with van der Waals surface area (Å²) in [5.41, 5.74) is 1.30. The average Bonchev–Trinajstić information content (AvgIpc) is 2.66. The topological polar surface area (TPSA) is 17.1 Å². The zero-order valence-corrected chi connectivity index (χ0v) is 8.88. The van der Waals surface area contributed by atoms with E-state index in [9.17, 15) is 4.79 Å². The van der Waals surface area contributed by atoms with Crippen LogP contribution in [0.5, 0.6) is 0 Å². The maximum absolute atomic E-state index is 12.0. The number of rotatable bonds is 3. The minimum Gasteiger partial charge on any atom is -0.294 e. The number of carbonyl (C=O) groups is 1. The molecule has 1 nitrogen and oxygen atoms in total. The van der Waals surface area contributed by atoms with Crippen molar-refractivity contribution in [3.63, 3.8) is 0 Å². The third-order valence-corrected chi connectivity index (χ3v) is 3.98. The van der Waals surface area contributed by atoms with Crippen LogP contribution in [0.3, 0.4) is 0 Å². The van der Waals surface area contributed by atoms with E-state index in [2.05, 4.69) is 13.5 Å². The Bertz CT molecular complexity index is 300. The molecule has 1 saturated carbocycles. The zero-order valence-electron chi connectivity index (χ0n) is 8.88. The van der Waals surface area contributed by atoms with Crippen LogP contribution in [-0.2, 0) is 4.79 Å². The number of ketones is 1. The molecule has 0 radical (unpaired) electrons. The maximum Gasteiger partial charge on any atom is 0.162 e. The van der Waals surface area contributed by atoms with Crippen molar-refractivity contribution in [1.82, 2.24) is 0 Å². The summed E-state index contributed by atoms with van der Waals surface area (Å²) in [5.74, 6) is 0.939. The Morgan fingerprint density at radius 3 is 3.21 bits per heavy atom. The molecule has 0 aromatic rings. The van der Waals surface area contributed by atoms with Crippen LogP contribution >= 0.6 is 0 Å². The fourth-order valence-corrected chi connectivity index (χ4v) is 3.26. The summed E-state index contributed by atoms with van der Waals surface area (Å²) >= 11 is 0. The minimum absolute atomic E-state index is 0.0156. The second-order valence-electron chi connectivity index (χ2n) is 4.68. The second kappa shape index (κ2) is 3.38. The van der Waals surface area contributed by atoms with Crippen LogP contribution < -0.4 is 0 Å². The van der Waals surface area contributed by atoms with Crippen molar-refractivity contribution in [3.05, 3.63) is 24.3 Å². The molecule has 1 heteroatoms. The Balaban J connectivity index is 2.24. The quantitative estimate of drug-likeness (QED) is 0.624. The molecule has 0 N–H and O–H groups in total. The predicted molar refractivity (Wildman–Crippen MR) is 58.0 cm³/mol. The molecule has 0 aliphatic heterocycles. The van der Waals surface area contributed by atoms with Gasteiger partial charge in [0.15, 0.2) is 5.78 Å². The van der Waals surface area contributed by atoms with E-state index in [0.29, 0.717) is 11.7 Å². The molecule has 0 unspecified atom stereocenters. The van der Waals surface area contributed by atoms with Crippen LogP contribution in [0, 0.1) is 11.3 Å². The monoisotopic (exact) mass is 190 g/mol. The van der Waals surface area contributed by atoms with Gasteiger partial charge in [0.25, 0.3) is 0 Å². The summed E-state index contributed by atoms with van der Waals surface area (Å²) in [7, 11) is 0. The fraction of sp³-hybridized carbons (Fsp3) is 0.615. The summed E-state index contributed by atoms with van der Waals surface area (Å²) in [5, 5.41) is 0. The molecule has 0 saturated heterocycles. The molecular formula is C13H18O. The molecular weight excluding hydrogens is 172 g/mol. The zero-order chi connectivity index (χ0) is 10.2. The highest BCUT2D eigenvalue weighted by atomic mass is 16.1. The van der Waals surface area contributed by atoms with Gasteiger partial charge in [-0.25, -0.2) is 0 Å². The lowest BCUT2D eigenvalue weighted by Gasteiger charge is -2.28. The molecule has 1 fully saturated rings. The molecule has 0 aromatic heterocycles. The number of hydrogen-bond donors (Lipinski definition) is 0. The van der Waals surface area contributed by atoms with E-state index >= 15 is 0 Å². The summed E-state index contributed by atoms with van der Waals surface area (Å²) in [6.07, 6.45) is 9.33. The van der Waals surface area contributed by atoms with E-state index in [1.807, 2.05) is 12.2 Å². The van der Waals surface area contributed by atoms with Crippen molar-refractivity contribution in [3.8, 4) is 0 Å². The first-order chi connectivity index (χ1) is 6.70.